The van der Waals surface area contributed by atoms with Gasteiger partial charge in [-0.1, -0.05) is 81.5 Å². The Morgan fingerprint density at radius 1 is 0.605 bits per heavy atom. The van der Waals surface area contributed by atoms with Gasteiger partial charge in [-0.3, -0.25) is 33.6 Å². The summed E-state index contributed by atoms with van der Waals surface area (Å²) in [5.74, 6) is -5.85. The summed E-state index contributed by atoms with van der Waals surface area (Å²) in [6, 6.07) is 22.6. The molecule has 0 saturated carbocycles. The van der Waals surface area contributed by atoms with Gasteiger partial charge in [-0.2, -0.15) is 9.97 Å². The van der Waals surface area contributed by atoms with Crippen molar-refractivity contribution in [1.82, 2.24) is 49.8 Å². The van der Waals surface area contributed by atoms with Crippen LogP contribution in [0.25, 0.3) is 44.6 Å². The van der Waals surface area contributed by atoms with Gasteiger partial charge >= 0.3 is 12.0 Å². The number of esters is 1. The van der Waals surface area contributed by atoms with Gasteiger partial charge in [-0.15, -0.1) is 0 Å². The van der Waals surface area contributed by atoms with Crippen molar-refractivity contribution in [1.29, 1.82) is 0 Å². The number of ether oxygens (including phenoxy) is 1. The quantitative estimate of drug-likeness (QED) is 0.0543. The van der Waals surface area contributed by atoms with Crippen molar-refractivity contribution in [3.8, 4) is 22.8 Å². The summed E-state index contributed by atoms with van der Waals surface area (Å²) in [4.78, 5) is 109. The van der Waals surface area contributed by atoms with E-state index in [2.05, 4.69) is 40.3 Å². The Morgan fingerprint density at radius 3 is 1.45 bits per heavy atom. The summed E-state index contributed by atoms with van der Waals surface area (Å²) < 4.78 is 42.4. The van der Waals surface area contributed by atoms with Crippen molar-refractivity contribution in [3.63, 3.8) is 0 Å². The van der Waals surface area contributed by atoms with Crippen LogP contribution in [0.3, 0.4) is 0 Å². The normalized spacial score (nSPS) is 13.8. The number of ketones is 2. The summed E-state index contributed by atoms with van der Waals surface area (Å²) in [5, 5.41) is 10.0. The molecular weight excluding hydrogens is 1060 g/mol. The molecule has 4 aromatic heterocycles. The summed E-state index contributed by atoms with van der Waals surface area (Å²) in [6.45, 7) is 1.54. The Balaban J connectivity index is 0.000000186. The van der Waals surface area contributed by atoms with E-state index in [-0.39, 0.29) is 133 Å². The Kier molecular flexibility index (Phi) is 15.2. The van der Waals surface area contributed by atoms with E-state index in [0.717, 1.165) is 12.1 Å². The third kappa shape index (κ3) is 10.8. The predicted molar refractivity (Wildman–Crippen MR) is 269 cm³/mol. The van der Waals surface area contributed by atoms with E-state index in [9.17, 15) is 42.3 Å². The molecular formula is C50H40Cl3F2N11O10. The van der Waals surface area contributed by atoms with Gasteiger partial charge in [0.2, 0.25) is 11.6 Å². The van der Waals surface area contributed by atoms with Crippen LogP contribution >= 0.6 is 34.8 Å². The molecule has 0 spiro atoms. The molecule has 0 radical (unpaired) electrons. The van der Waals surface area contributed by atoms with Crippen molar-refractivity contribution in [2.45, 2.75) is 3.79 Å². The highest BCUT2D eigenvalue weighted by Gasteiger charge is 2.35. The molecule has 3 N–H and O–H groups in total. The molecule has 4 amide bonds. The highest BCUT2D eigenvalue weighted by molar-refractivity contribution is 6.66. The molecule has 26 heteroatoms. The van der Waals surface area contributed by atoms with Crippen molar-refractivity contribution in [3.05, 3.63) is 137 Å². The molecule has 8 aromatic rings. The van der Waals surface area contributed by atoms with Gasteiger partial charge in [-0.25, -0.2) is 8.78 Å². The first-order valence-electron chi connectivity index (χ1n) is 23.0. The number of rotatable bonds is 11. The fourth-order valence-electron chi connectivity index (χ4n) is 8.49. The first-order valence-corrected chi connectivity index (χ1v) is 24.2. The number of nitrogens with one attached hydrogen (secondary N) is 3. The number of benzene rings is 4. The minimum atomic E-state index is -1.95. The molecule has 21 nitrogen and oxygen atoms in total. The van der Waals surface area contributed by atoms with E-state index >= 15 is 0 Å². The average Bonchev–Trinajstić information content (AvgIpc) is 4.31. The van der Waals surface area contributed by atoms with Crippen LogP contribution in [0.15, 0.2) is 106 Å². The van der Waals surface area contributed by atoms with Gasteiger partial charge in [0.1, 0.15) is 18.2 Å². The number of hydrogen-bond acceptors (Lipinski definition) is 15. The second-order valence-corrected chi connectivity index (χ2v) is 19.2. The Hall–Kier alpha value is -8.54. The highest BCUT2D eigenvalue weighted by atomic mass is 35.6. The largest absolute Gasteiger partial charge is 0.468 e. The molecule has 390 valence electrons. The van der Waals surface area contributed by atoms with Crippen molar-refractivity contribution in [2.24, 2.45) is 0 Å². The molecule has 2 fully saturated rings. The zero-order valence-electron chi connectivity index (χ0n) is 39.7. The molecule has 6 heterocycles. The topological polar surface area (TPSA) is 263 Å². The van der Waals surface area contributed by atoms with E-state index in [4.69, 9.17) is 43.8 Å². The minimum absolute atomic E-state index is 0.00212. The van der Waals surface area contributed by atoms with Gasteiger partial charge in [0.15, 0.2) is 0 Å². The summed E-state index contributed by atoms with van der Waals surface area (Å²) >= 11 is 17.3. The fourth-order valence-corrected chi connectivity index (χ4v) is 8.72. The summed E-state index contributed by atoms with van der Waals surface area (Å²) in [6.07, 6.45) is 2.52. The highest BCUT2D eigenvalue weighted by Crippen LogP contribution is 2.39. The number of Topliss-reactive ketones (excluding diaryl/α,β-unsaturated/α-hetero) is 2. The summed E-state index contributed by atoms with van der Waals surface area (Å²) in [5.41, 5.74) is 1.78. The van der Waals surface area contributed by atoms with Gasteiger partial charge in [-0.05, 0) is 48.5 Å². The Bertz CT molecular complexity index is 3530. The van der Waals surface area contributed by atoms with E-state index in [0.29, 0.717) is 16.7 Å². The Labute approximate surface area is 443 Å². The number of methoxy groups -OCH3 is 1. The molecule has 2 aliphatic rings. The lowest BCUT2D eigenvalue weighted by molar-refractivity contribution is -0.138. The van der Waals surface area contributed by atoms with Gasteiger partial charge in [0, 0.05) is 97.8 Å². The SMILES string of the molecule is COC(=O)CNc1nc(-c2ccc(F)c3c(C(=O)C(=O)N4CCN(C(=O)c5ccccc5)CC4)c[nH]c23)no1.O=C(C(=O)N1CCN(C(=O)c2ccccc2)CC1)c1c[nH]c2c(-c3noc(C(Cl)(Cl)Cl)n3)ccc(F)c12. The van der Waals surface area contributed by atoms with Crippen LogP contribution in [-0.4, -0.2) is 157 Å². The molecule has 2 saturated heterocycles. The number of nitrogens with zero attached hydrogens (tertiary/aromatic N) is 8. The van der Waals surface area contributed by atoms with E-state index in [1.807, 2.05) is 12.1 Å². The van der Waals surface area contributed by atoms with Crippen molar-refractivity contribution < 1.29 is 56.1 Å². The van der Waals surface area contributed by atoms with Gasteiger partial charge in [0.05, 0.1) is 29.3 Å². The lowest BCUT2D eigenvalue weighted by Crippen LogP contribution is -2.52. The average molecular weight is 1100 g/mol. The number of carbonyl (C=O) groups is 7. The summed E-state index contributed by atoms with van der Waals surface area (Å²) in [7, 11) is 1.24. The van der Waals surface area contributed by atoms with Crippen LogP contribution in [0.1, 0.15) is 47.3 Å². The number of aromatic amines is 2. The van der Waals surface area contributed by atoms with E-state index in [1.165, 1.54) is 41.4 Å². The number of H-pyrrole nitrogens is 2. The first-order chi connectivity index (χ1) is 36.5. The molecule has 2 aliphatic heterocycles. The lowest BCUT2D eigenvalue weighted by atomic mass is 10.0. The standard InChI is InChI=1S/C26H23FN6O6.C24H17Cl3FN5O4/c1-38-19(34)14-29-26-30-23(31-39-26)16-7-8-18(27)20-17(13-28-21(16)20)22(35)25(37)33-11-9-32(10-12-33)24(36)15-5-3-2-4-6-15;25-24(26,27)23-30-20(31-37-23)14-6-7-16(28)17-15(12-29-18(14)17)19(34)22(36)33-10-8-32(9-11-33)21(35)13-4-2-1-3-5-13/h2-8,13,28H,9-12,14H2,1H3,(H,29,30,31);1-7,12,29H,8-11H2. The van der Waals surface area contributed by atoms with Crippen LogP contribution in [0, 0.1) is 11.6 Å². The number of alkyl halides is 3. The number of aromatic nitrogens is 6. The number of carbonyl (C=O) groups excluding carboxylic acids is 7. The number of hydrogen-bond donors (Lipinski definition) is 3. The number of piperazine rings is 2. The molecule has 0 unspecified atom stereocenters. The van der Waals surface area contributed by atoms with Crippen molar-refractivity contribution >= 4 is 104 Å². The lowest BCUT2D eigenvalue weighted by Gasteiger charge is -2.34. The predicted octanol–water partition coefficient (Wildman–Crippen LogP) is 6.46. The molecule has 10 rings (SSSR count). The number of anilines is 1. The molecule has 4 aromatic carbocycles. The second kappa shape index (κ2) is 22.1. The van der Waals surface area contributed by atoms with Crippen LogP contribution in [-0.2, 0) is 22.9 Å². The van der Waals surface area contributed by atoms with Crippen molar-refractivity contribution in [2.75, 3.05) is 71.3 Å². The maximum atomic E-state index is 14.9. The van der Waals surface area contributed by atoms with Crippen LogP contribution in [0.2, 0.25) is 0 Å². The minimum Gasteiger partial charge on any atom is -0.468 e. The van der Waals surface area contributed by atoms with E-state index < -0.39 is 44.8 Å². The molecule has 0 bridgehead atoms. The number of fused-ring (bicyclic) bond motifs is 2. The van der Waals surface area contributed by atoms with E-state index in [1.54, 1.807) is 58.3 Å². The van der Waals surface area contributed by atoms with Gasteiger partial charge < -0.3 is 48.7 Å². The fraction of sp³-hybridized carbons (Fsp3) is 0.220. The monoisotopic (exact) mass is 1100 g/mol. The molecule has 0 aliphatic carbocycles. The van der Waals surface area contributed by atoms with Crippen LogP contribution in [0.5, 0.6) is 0 Å². The third-order valence-electron chi connectivity index (χ3n) is 12.4. The van der Waals surface area contributed by atoms with Gasteiger partial charge in [0.25, 0.3) is 44.9 Å². The zero-order valence-corrected chi connectivity index (χ0v) is 41.9. The number of amides is 4. The maximum absolute atomic E-state index is 14.9. The maximum Gasteiger partial charge on any atom is 0.325 e. The number of halogens is 5. The van der Waals surface area contributed by atoms with Crippen LogP contribution in [0.4, 0.5) is 14.8 Å². The Morgan fingerprint density at radius 2 is 1.03 bits per heavy atom. The molecule has 76 heavy (non-hydrogen) atoms. The second-order valence-electron chi connectivity index (χ2n) is 16.9. The smallest absolute Gasteiger partial charge is 0.325 e. The third-order valence-corrected chi connectivity index (χ3v) is 12.9. The first kappa shape index (κ1) is 52.3. The zero-order chi connectivity index (χ0) is 53.8. The molecule has 0 atom stereocenters. The van der Waals surface area contributed by atoms with Crippen LogP contribution < -0.4 is 5.32 Å².